The minimum atomic E-state index is -0.807. The Hall–Kier alpha value is -3.91. The molecule has 0 spiro atoms. The summed E-state index contributed by atoms with van der Waals surface area (Å²) in [5.74, 6) is -0.446. The van der Waals surface area contributed by atoms with E-state index in [-0.39, 0.29) is 16.7 Å². The maximum absolute atomic E-state index is 13.2. The summed E-state index contributed by atoms with van der Waals surface area (Å²) >= 11 is 1.25. The number of methoxy groups -OCH3 is 2. The van der Waals surface area contributed by atoms with Gasteiger partial charge in [0.2, 0.25) is 0 Å². The zero-order valence-corrected chi connectivity index (χ0v) is 21.6. The predicted octanol–water partition coefficient (Wildman–Crippen LogP) is 6.39. The number of carbonyl (C=O) groups excluding carboxylic acids is 2. The third kappa shape index (κ3) is 4.64. The topological polar surface area (TPSA) is 94.8 Å². The second kappa shape index (κ2) is 10.4. The van der Waals surface area contributed by atoms with Crippen molar-refractivity contribution >= 4 is 39.2 Å². The summed E-state index contributed by atoms with van der Waals surface area (Å²) in [5.41, 5.74) is 2.25. The molecule has 4 aromatic rings. The fraction of sp³-hybridized carbons (Fsp3) is 0.250. The molecule has 0 fully saturated rings. The van der Waals surface area contributed by atoms with E-state index in [1.165, 1.54) is 37.2 Å². The van der Waals surface area contributed by atoms with Crippen LogP contribution < -0.4 is 15.7 Å². The van der Waals surface area contributed by atoms with Gasteiger partial charge in [0.05, 0.1) is 14.2 Å². The Balaban J connectivity index is 1.75. The van der Waals surface area contributed by atoms with E-state index in [4.69, 9.17) is 13.9 Å². The fourth-order valence-corrected chi connectivity index (χ4v) is 5.16. The summed E-state index contributed by atoms with van der Waals surface area (Å²) in [7, 11) is 2.76. The van der Waals surface area contributed by atoms with Crippen molar-refractivity contribution in [3.63, 3.8) is 0 Å². The van der Waals surface area contributed by atoms with Crippen molar-refractivity contribution in [2.45, 2.75) is 33.1 Å². The van der Waals surface area contributed by atoms with Crippen molar-refractivity contribution in [1.29, 1.82) is 0 Å². The molecule has 0 aliphatic carbocycles. The normalized spacial score (nSPS) is 11.8. The van der Waals surface area contributed by atoms with Crippen LogP contribution in [0.25, 0.3) is 22.1 Å². The number of carbonyl (C=O) groups is 2. The number of rotatable bonds is 7. The third-order valence-corrected chi connectivity index (χ3v) is 7.29. The molecule has 1 unspecified atom stereocenters. The van der Waals surface area contributed by atoms with Crippen molar-refractivity contribution in [2.24, 2.45) is 0 Å². The number of fused-ring (bicyclic) bond motifs is 1. The van der Waals surface area contributed by atoms with Crippen LogP contribution in [0.2, 0.25) is 0 Å². The van der Waals surface area contributed by atoms with Gasteiger partial charge in [0.15, 0.2) is 11.3 Å². The number of amides is 1. The zero-order valence-electron chi connectivity index (χ0n) is 20.8. The number of anilines is 1. The molecular weight excluding hydrogens is 478 g/mol. The Bertz CT molecular complexity index is 1500. The van der Waals surface area contributed by atoms with Gasteiger partial charge >= 0.3 is 11.6 Å². The molecule has 2 aromatic heterocycles. The highest BCUT2D eigenvalue weighted by Gasteiger charge is 2.26. The lowest BCUT2D eigenvalue weighted by Crippen LogP contribution is -2.21. The molecule has 0 aliphatic heterocycles. The second-order valence-corrected chi connectivity index (χ2v) is 9.67. The molecule has 0 saturated carbocycles. The van der Waals surface area contributed by atoms with Crippen molar-refractivity contribution in [2.75, 3.05) is 19.5 Å². The van der Waals surface area contributed by atoms with Crippen LogP contribution in [0.1, 0.15) is 57.3 Å². The Labute approximate surface area is 212 Å². The van der Waals surface area contributed by atoms with Crippen LogP contribution in [0.3, 0.4) is 0 Å². The second-order valence-electron chi connectivity index (χ2n) is 8.44. The van der Waals surface area contributed by atoms with Gasteiger partial charge in [-0.3, -0.25) is 4.79 Å². The molecule has 2 heterocycles. The average molecular weight is 506 g/mol. The van der Waals surface area contributed by atoms with Gasteiger partial charge in [-0.2, -0.15) is 0 Å². The summed E-state index contributed by atoms with van der Waals surface area (Å²) in [6, 6.07) is 14.6. The van der Waals surface area contributed by atoms with E-state index in [1.54, 1.807) is 18.2 Å². The monoisotopic (exact) mass is 505 g/mol. The van der Waals surface area contributed by atoms with Crippen LogP contribution >= 0.6 is 11.3 Å². The molecule has 1 atom stereocenters. The Morgan fingerprint density at radius 3 is 2.47 bits per heavy atom. The van der Waals surface area contributed by atoms with Gasteiger partial charge in [0, 0.05) is 15.8 Å². The summed E-state index contributed by atoms with van der Waals surface area (Å²) in [5, 5.41) is 3.57. The highest BCUT2D eigenvalue weighted by molar-refractivity contribution is 7.17. The number of nitrogens with one attached hydrogen (secondary N) is 1. The maximum Gasteiger partial charge on any atom is 0.349 e. The van der Waals surface area contributed by atoms with E-state index in [2.05, 4.69) is 31.3 Å². The van der Waals surface area contributed by atoms with Crippen molar-refractivity contribution in [3.8, 4) is 16.9 Å². The van der Waals surface area contributed by atoms with Gasteiger partial charge in [-0.05, 0) is 42.5 Å². The summed E-state index contributed by atoms with van der Waals surface area (Å²) in [6.45, 7) is 6.18. The van der Waals surface area contributed by atoms with Crippen molar-refractivity contribution < 1.29 is 23.5 Å². The minimum absolute atomic E-state index is 0.183. The predicted molar refractivity (Wildman–Crippen MR) is 142 cm³/mol. The molecule has 2 aromatic carbocycles. The summed E-state index contributed by atoms with van der Waals surface area (Å²) in [4.78, 5) is 39.5. The SMILES string of the molecule is CCC(C)c1ccc(-c2c(C)sc(NC(=O)c3cc4cccc(OC)c4oc3=O)c2C(=O)OC)cc1. The highest BCUT2D eigenvalue weighted by Crippen LogP contribution is 2.41. The molecule has 0 saturated heterocycles. The number of thiophene rings is 1. The van der Waals surface area contributed by atoms with Crippen LogP contribution in [0, 0.1) is 6.92 Å². The van der Waals surface area contributed by atoms with Crippen molar-refractivity contribution in [1.82, 2.24) is 0 Å². The number of esters is 1. The molecule has 1 N–H and O–H groups in total. The lowest BCUT2D eigenvalue weighted by molar-refractivity contribution is 0.0603. The first-order valence-electron chi connectivity index (χ1n) is 11.5. The Morgan fingerprint density at radius 1 is 1.11 bits per heavy atom. The lowest BCUT2D eigenvalue weighted by Gasteiger charge is -2.11. The van der Waals surface area contributed by atoms with E-state index in [9.17, 15) is 14.4 Å². The summed E-state index contributed by atoms with van der Waals surface area (Å²) in [6.07, 6.45) is 1.02. The molecule has 0 aliphatic rings. The zero-order chi connectivity index (χ0) is 26.0. The van der Waals surface area contributed by atoms with E-state index in [0.717, 1.165) is 16.9 Å². The van der Waals surface area contributed by atoms with Crippen molar-refractivity contribution in [3.05, 3.63) is 80.5 Å². The van der Waals surface area contributed by atoms with Crippen LogP contribution in [0.15, 0.2) is 57.7 Å². The smallest absolute Gasteiger partial charge is 0.349 e. The first-order valence-corrected chi connectivity index (χ1v) is 12.3. The number of aryl methyl sites for hydroxylation is 1. The molecular formula is C28H27NO6S. The molecule has 8 heteroatoms. The van der Waals surface area contributed by atoms with Gasteiger partial charge in [-0.15, -0.1) is 11.3 Å². The number of para-hydroxylation sites is 1. The Morgan fingerprint density at radius 2 is 1.83 bits per heavy atom. The van der Waals surface area contributed by atoms with Gasteiger partial charge in [0.25, 0.3) is 5.91 Å². The van der Waals surface area contributed by atoms with Crippen LogP contribution in [0.4, 0.5) is 5.00 Å². The quantitative estimate of drug-likeness (QED) is 0.231. The van der Waals surface area contributed by atoms with Gasteiger partial charge < -0.3 is 19.2 Å². The van der Waals surface area contributed by atoms with Crippen LogP contribution in [-0.4, -0.2) is 26.1 Å². The highest BCUT2D eigenvalue weighted by atomic mass is 32.1. The van der Waals surface area contributed by atoms with Gasteiger partial charge in [-0.1, -0.05) is 50.2 Å². The van der Waals surface area contributed by atoms with E-state index >= 15 is 0 Å². The maximum atomic E-state index is 13.2. The first kappa shape index (κ1) is 25.2. The van der Waals surface area contributed by atoms with E-state index in [0.29, 0.717) is 27.6 Å². The number of ether oxygens (including phenoxy) is 2. The minimum Gasteiger partial charge on any atom is -0.493 e. The van der Waals surface area contributed by atoms with Gasteiger partial charge in [0.1, 0.15) is 16.1 Å². The lowest BCUT2D eigenvalue weighted by atomic mass is 9.94. The van der Waals surface area contributed by atoms with E-state index < -0.39 is 17.5 Å². The third-order valence-electron chi connectivity index (χ3n) is 6.27. The van der Waals surface area contributed by atoms with E-state index in [1.807, 2.05) is 19.1 Å². The molecule has 4 rings (SSSR count). The summed E-state index contributed by atoms with van der Waals surface area (Å²) < 4.78 is 15.7. The Kier molecular flexibility index (Phi) is 7.26. The standard InChI is InChI=1S/C28H27NO6S/c1-6-15(2)17-10-12-18(13-11-17)22-16(3)36-26(23(22)28(32)34-5)29-25(30)20-14-19-8-7-9-21(33-4)24(19)35-27(20)31/h7-15H,6H2,1-5H3,(H,29,30). The number of benzene rings is 2. The molecule has 36 heavy (non-hydrogen) atoms. The molecule has 1 amide bonds. The molecule has 7 nitrogen and oxygen atoms in total. The molecule has 0 radical (unpaired) electrons. The fourth-order valence-electron chi connectivity index (χ4n) is 4.10. The van der Waals surface area contributed by atoms with Crippen LogP contribution in [-0.2, 0) is 4.74 Å². The largest absolute Gasteiger partial charge is 0.493 e. The van der Waals surface area contributed by atoms with Crippen LogP contribution in [0.5, 0.6) is 5.75 Å². The first-order chi connectivity index (χ1) is 17.3. The average Bonchev–Trinajstić information content (AvgIpc) is 3.22. The molecule has 0 bridgehead atoms. The number of hydrogen-bond acceptors (Lipinski definition) is 7. The van der Waals surface area contributed by atoms with Gasteiger partial charge in [-0.25, -0.2) is 9.59 Å². The number of hydrogen-bond donors (Lipinski definition) is 1. The molecule has 186 valence electrons.